The molecule has 0 amide bonds. The molecule has 35 heavy (non-hydrogen) atoms. The second-order valence-electron chi connectivity index (χ2n) is 7.32. The number of hydrogen-bond acceptors (Lipinski definition) is 10. The third-order valence-corrected chi connectivity index (χ3v) is 5.52. The van der Waals surface area contributed by atoms with Gasteiger partial charge in [-0.3, -0.25) is 0 Å². The van der Waals surface area contributed by atoms with E-state index in [1.54, 1.807) is 28.4 Å². The van der Waals surface area contributed by atoms with E-state index in [1.807, 2.05) is 30.5 Å². The molecule has 188 valence electrons. The molecule has 0 fully saturated rings. The van der Waals surface area contributed by atoms with E-state index >= 15 is 0 Å². The van der Waals surface area contributed by atoms with Crippen LogP contribution in [0, 0.1) is 10.2 Å². The minimum atomic E-state index is -4.94. The lowest BCUT2D eigenvalue weighted by molar-refractivity contribution is -2.00. The zero-order chi connectivity index (χ0) is 25.9. The molecule has 1 aliphatic rings. The molecule has 0 N–H and O–H groups in total. The van der Waals surface area contributed by atoms with E-state index in [9.17, 15) is 4.79 Å². The van der Waals surface area contributed by atoms with Crippen molar-refractivity contribution >= 4 is 16.7 Å². The average molecular weight is 510 g/mol. The molecule has 2 aromatic carbocycles. The number of rotatable bonds is 5. The molecule has 0 unspecified atom stereocenters. The summed E-state index contributed by atoms with van der Waals surface area (Å²) in [6.45, 7) is 0.714. The SMILES string of the molecule is COC(=O)c1c2[n+](cc3cc(OC)c(OC)cc13)CCc1cc(OC)c(OC)cc1-2.[O-][Cl+3]([O-])([O-])[O-]. The Hall–Kier alpha value is -3.35. The first-order chi connectivity index (χ1) is 16.6. The van der Waals surface area contributed by atoms with Gasteiger partial charge in [-0.15, -0.1) is 10.2 Å². The first kappa shape index (κ1) is 26.3. The summed E-state index contributed by atoms with van der Waals surface area (Å²) >= 11 is 0. The second kappa shape index (κ2) is 10.5. The zero-order valence-electron chi connectivity index (χ0n) is 19.7. The summed E-state index contributed by atoms with van der Waals surface area (Å²) in [7, 11) is 2.81. The lowest BCUT2D eigenvalue weighted by Gasteiger charge is -2.20. The number of esters is 1. The largest absolute Gasteiger partial charge is 0.493 e. The van der Waals surface area contributed by atoms with Crippen molar-refractivity contribution < 1.29 is 61.9 Å². The van der Waals surface area contributed by atoms with Gasteiger partial charge < -0.3 is 23.7 Å². The molecule has 0 spiro atoms. The molecule has 0 saturated carbocycles. The van der Waals surface area contributed by atoms with Gasteiger partial charge in [-0.1, -0.05) is 0 Å². The van der Waals surface area contributed by atoms with Crippen LogP contribution in [-0.2, 0) is 17.7 Å². The third kappa shape index (κ3) is 5.50. The van der Waals surface area contributed by atoms with Crippen molar-refractivity contribution in [2.75, 3.05) is 35.5 Å². The van der Waals surface area contributed by atoms with Crippen LogP contribution in [0.3, 0.4) is 0 Å². The fourth-order valence-electron chi connectivity index (χ4n) is 4.09. The predicted octanol–water partition coefficient (Wildman–Crippen LogP) is -1.58. The van der Waals surface area contributed by atoms with Crippen LogP contribution >= 0.6 is 0 Å². The van der Waals surface area contributed by atoms with Crippen LogP contribution in [0.1, 0.15) is 15.9 Å². The minimum absolute atomic E-state index is 0.417. The molecule has 11 nitrogen and oxygen atoms in total. The summed E-state index contributed by atoms with van der Waals surface area (Å²) in [6, 6.07) is 7.57. The normalized spacial score (nSPS) is 12.0. The Morgan fingerprint density at radius 1 is 0.829 bits per heavy atom. The molecular weight excluding hydrogens is 486 g/mol. The van der Waals surface area contributed by atoms with Gasteiger partial charge >= 0.3 is 5.97 Å². The highest BCUT2D eigenvalue weighted by Gasteiger charge is 2.34. The van der Waals surface area contributed by atoms with E-state index < -0.39 is 16.2 Å². The van der Waals surface area contributed by atoms with Gasteiger partial charge in [0.2, 0.25) is 5.69 Å². The molecule has 0 bridgehead atoms. The quantitative estimate of drug-likeness (QED) is 0.290. The van der Waals surface area contributed by atoms with Crippen LogP contribution in [0.5, 0.6) is 23.0 Å². The molecule has 1 aromatic heterocycles. The van der Waals surface area contributed by atoms with Crippen LogP contribution in [0.15, 0.2) is 30.5 Å². The number of fused-ring (bicyclic) bond motifs is 4. The van der Waals surface area contributed by atoms with E-state index in [0.29, 0.717) is 35.1 Å². The van der Waals surface area contributed by atoms with E-state index in [2.05, 4.69) is 4.57 Å². The van der Waals surface area contributed by atoms with E-state index in [4.69, 9.17) is 42.3 Å². The number of aryl methyl sites for hydroxylation is 2. The minimum Gasteiger partial charge on any atom is -0.493 e. The molecule has 0 saturated heterocycles. The van der Waals surface area contributed by atoms with E-state index in [1.165, 1.54) is 7.11 Å². The van der Waals surface area contributed by atoms with Gasteiger partial charge in [0.25, 0.3) is 0 Å². The number of pyridine rings is 1. The predicted molar refractivity (Wildman–Crippen MR) is 111 cm³/mol. The van der Waals surface area contributed by atoms with Crippen LogP contribution < -0.4 is 42.2 Å². The second-order valence-corrected chi connectivity index (χ2v) is 8.08. The molecule has 3 aromatic rings. The lowest BCUT2D eigenvalue weighted by atomic mass is 9.91. The van der Waals surface area contributed by atoms with Crippen molar-refractivity contribution in [3.05, 3.63) is 41.6 Å². The van der Waals surface area contributed by atoms with Gasteiger partial charge in [0.15, 0.2) is 35.7 Å². The Balaban J connectivity index is 0.000000623. The maximum atomic E-state index is 13.0. The smallest absolute Gasteiger partial charge is 0.345 e. The molecule has 12 heteroatoms. The van der Waals surface area contributed by atoms with Gasteiger partial charge in [-0.05, 0) is 29.8 Å². The van der Waals surface area contributed by atoms with Crippen molar-refractivity contribution in [1.29, 1.82) is 0 Å². The molecule has 0 atom stereocenters. The van der Waals surface area contributed by atoms with Gasteiger partial charge in [0.05, 0.1) is 46.5 Å². The Morgan fingerprint density at radius 2 is 1.34 bits per heavy atom. The Morgan fingerprint density at radius 3 is 1.89 bits per heavy atom. The Bertz CT molecular complexity index is 1250. The monoisotopic (exact) mass is 509 g/mol. The molecule has 4 rings (SSSR count). The number of carbonyl (C=O) groups excluding carboxylic acids is 1. The van der Waals surface area contributed by atoms with Crippen LogP contribution in [0.2, 0.25) is 0 Å². The molecular formula is C23H24ClNO10. The average Bonchev–Trinajstić information content (AvgIpc) is 2.83. The summed E-state index contributed by atoms with van der Waals surface area (Å²) in [6.07, 6.45) is 2.82. The van der Waals surface area contributed by atoms with Gasteiger partial charge in [0.1, 0.15) is 5.56 Å². The van der Waals surface area contributed by atoms with Crippen LogP contribution in [0.25, 0.3) is 22.0 Å². The zero-order valence-corrected chi connectivity index (χ0v) is 20.5. The first-order valence-electron chi connectivity index (χ1n) is 10.1. The highest BCUT2D eigenvalue weighted by molar-refractivity contribution is 6.09. The fraction of sp³-hybridized carbons (Fsp3) is 0.304. The number of halogens is 1. The Kier molecular flexibility index (Phi) is 7.88. The number of carbonyl (C=O) groups is 1. The maximum absolute atomic E-state index is 13.0. The van der Waals surface area contributed by atoms with Crippen LogP contribution in [-0.4, -0.2) is 41.5 Å². The summed E-state index contributed by atoms with van der Waals surface area (Å²) in [5.74, 6) is 2.00. The topological polar surface area (TPSA) is 159 Å². The maximum Gasteiger partial charge on any atom is 0.345 e. The molecule has 1 aliphatic heterocycles. The van der Waals surface area contributed by atoms with Crippen molar-refractivity contribution in [3.63, 3.8) is 0 Å². The standard InChI is InChI=1S/C23H24NO6.ClHO4/c1-26-17-8-13-6-7-24-12-14-9-18(27-2)19(28-3)10-15(14)21(23(25)30-5)22(24)16(13)11-20(17)29-4;2-1(3,4)5/h8-12H,6-7H2,1-5H3;(H,2,3,4,5)/q+1;/p-1. The van der Waals surface area contributed by atoms with E-state index in [0.717, 1.165) is 34.0 Å². The van der Waals surface area contributed by atoms with Gasteiger partial charge in [-0.2, -0.15) is 4.57 Å². The highest BCUT2D eigenvalue weighted by Crippen LogP contribution is 2.41. The first-order valence-corrected chi connectivity index (χ1v) is 11.4. The molecule has 0 radical (unpaired) electrons. The highest BCUT2D eigenvalue weighted by atomic mass is 35.7. The van der Waals surface area contributed by atoms with Crippen molar-refractivity contribution in [2.45, 2.75) is 13.0 Å². The number of hydrogen-bond donors (Lipinski definition) is 0. The van der Waals surface area contributed by atoms with Gasteiger partial charge in [0, 0.05) is 11.8 Å². The fourth-order valence-corrected chi connectivity index (χ4v) is 4.09. The summed E-state index contributed by atoms with van der Waals surface area (Å²) in [5.41, 5.74) is 3.25. The Labute approximate surface area is 203 Å². The number of ether oxygens (including phenoxy) is 5. The number of nitrogens with zero attached hydrogens (tertiary/aromatic N) is 1. The molecule has 2 heterocycles. The number of aromatic nitrogens is 1. The third-order valence-electron chi connectivity index (χ3n) is 5.52. The lowest BCUT2D eigenvalue weighted by Crippen LogP contribution is -2.68. The van der Waals surface area contributed by atoms with Crippen molar-refractivity contribution in [2.24, 2.45) is 0 Å². The van der Waals surface area contributed by atoms with Crippen LogP contribution in [0.4, 0.5) is 0 Å². The van der Waals surface area contributed by atoms with Gasteiger partial charge in [-0.25, -0.2) is 23.4 Å². The summed E-state index contributed by atoms with van der Waals surface area (Å²) in [5, 5.41) is 1.59. The summed E-state index contributed by atoms with van der Waals surface area (Å²) < 4.78 is 63.1. The number of benzene rings is 2. The van der Waals surface area contributed by atoms with E-state index in [-0.39, 0.29) is 0 Å². The summed E-state index contributed by atoms with van der Waals surface area (Å²) in [4.78, 5) is 13.0. The molecule has 0 aliphatic carbocycles. The van der Waals surface area contributed by atoms with Crippen molar-refractivity contribution in [3.8, 4) is 34.3 Å². The number of methoxy groups -OCH3 is 5. The van der Waals surface area contributed by atoms with Crippen molar-refractivity contribution in [1.82, 2.24) is 0 Å².